The molecule has 1 heteroatoms. The number of nitrogens with one attached hydrogen (secondary N) is 1. The van der Waals surface area contributed by atoms with E-state index >= 15 is 0 Å². The van der Waals surface area contributed by atoms with E-state index in [0.717, 1.165) is 13.0 Å². The van der Waals surface area contributed by atoms with Crippen LogP contribution in [0.3, 0.4) is 0 Å². The maximum absolute atomic E-state index is 3.17. The van der Waals surface area contributed by atoms with Gasteiger partial charge in [0.05, 0.1) is 0 Å². The van der Waals surface area contributed by atoms with Crippen LogP contribution in [-0.2, 0) is 13.0 Å². The van der Waals surface area contributed by atoms with Gasteiger partial charge >= 0.3 is 0 Å². The second-order valence-electron chi connectivity index (χ2n) is 4.95. The molecule has 1 nitrogen and oxygen atoms in total. The number of hydrogen-bond donors (Lipinski definition) is 1. The SMILES string of the molecule is CNCc1ccc(Cc2ccc(C)cc2C)cc1. The molecule has 2 aromatic carbocycles. The summed E-state index contributed by atoms with van der Waals surface area (Å²) in [4.78, 5) is 0. The van der Waals surface area contributed by atoms with E-state index in [1.807, 2.05) is 7.05 Å². The first-order chi connectivity index (χ1) is 8.69. The van der Waals surface area contributed by atoms with Crippen LogP contribution in [0.5, 0.6) is 0 Å². The highest BCUT2D eigenvalue weighted by molar-refractivity contribution is 5.35. The highest BCUT2D eigenvalue weighted by atomic mass is 14.8. The van der Waals surface area contributed by atoms with E-state index in [4.69, 9.17) is 0 Å². The Morgan fingerprint density at radius 3 is 2.17 bits per heavy atom. The molecule has 0 aliphatic rings. The Balaban J connectivity index is 2.13. The summed E-state index contributed by atoms with van der Waals surface area (Å²) in [5.41, 5.74) is 6.85. The topological polar surface area (TPSA) is 12.0 Å². The second kappa shape index (κ2) is 5.83. The van der Waals surface area contributed by atoms with Crippen LogP contribution in [0.1, 0.15) is 27.8 Å². The van der Waals surface area contributed by atoms with Gasteiger partial charge in [0.15, 0.2) is 0 Å². The van der Waals surface area contributed by atoms with Crippen LogP contribution < -0.4 is 5.32 Å². The van der Waals surface area contributed by atoms with Gasteiger partial charge in [0.2, 0.25) is 0 Å². The quantitative estimate of drug-likeness (QED) is 0.859. The summed E-state index contributed by atoms with van der Waals surface area (Å²) in [6.07, 6.45) is 1.02. The Bertz CT molecular complexity index is 512. The Hall–Kier alpha value is -1.60. The molecule has 0 spiro atoms. The first kappa shape index (κ1) is 12.8. The van der Waals surface area contributed by atoms with Crippen molar-refractivity contribution in [3.05, 3.63) is 70.3 Å². The summed E-state index contributed by atoms with van der Waals surface area (Å²) >= 11 is 0. The molecule has 0 unspecified atom stereocenters. The molecule has 0 saturated heterocycles. The summed E-state index contributed by atoms with van der Waals surface area (Å²) in [6, 6.07) is 15.6. The van der Waals surface area contributed by atoms with E-state index in [2.05, 4.69) is 61.6 Å². The number of aryl methyl sites for hydroxylation is 2. The molecule has 0 atom stereocenters. The lowest BCUT2D eigenvalue weighted by atomic mass is 9.98. The highest BCUT2D eigenvalue weighted by Gasteiger charge is 2.01. The van der Waals surface area contributed by atoms with E-state index in [1.165, 1.54) is 27.8 Å². The van der Waals surface area contributed by atoms with Crippen LogP contribution in [0.15, 0.2) is 42.5 Å². The van der Waals surface area contributed by atoms with E-state index in [-0.39, 0.29) is 0 Å². The van der Waals surface area contributed by atoms with Crippen molar-refractivity contribution in [2.45, 2.75) is 26.8 Å². The molecule has 0 saturated carbocycles. The van der Waals surface area contributed by atoms with Gasteiger partial charge in [-0.1, -0.05) is 48.0 Å². The predicted octanol–water partition coefficient (Wildman–Crippen LogP) is 3.61. The predicted molar refractivity (Wildman–Crippen MR) is 77.9 cm³/mol. The molecule has 0 amide bonds. The molecule has 18 heavy (non-hydrogen) atoms. The molecular weight excluding hydrogens is 218 g/mol. The van der Waals surface area contributed by atoms with Crippen molar-refractivity contribution in [3.63, 3.8) is 0 Å². The third-order valence-electron chi connectivity index (χ3n) is 3.30. The zero-order valence-corrected chi connectivity index (χ0v) is 11.5. The number of hydrogen-bond acceptors (Lipinski definition) is 1. The van der Waals surface area contributed by atoms with Crippen molar-refractivity contribution in [2.24, 2.45) is 0 Å². The fourth-order valence-electron chi connectivity index (χ4n) is 2.24. The van der Waals surface area contributed by atoms with Gasteiger partial charge in [0.25, 0.3) is 0 Å². The van der Waals surface area contributed by atoms with Crippen LogP contribution >= 0.6 is 0 Å². The van der Waals surface area contributed by atoms with Crippen molar-refractivity contribution >= 4 is 0 Å². The Morgan fingerprint density at radius 1 is 0.889 bits per heavy atom. The Morgan fingerprint density at radius 2 is 1.56 bits per heavy atom. The zero-order valence-electron chi connectivity index (χ0n) is 11.5. The molecule has 94 valence electrons. The molecule has 0 aliphatic heterocycles. The van der Waals surface area contributed by atoms with Crippen LogP contribution in [0.4, 0.5) is 0 Å². The van der Waals surface area contributed by atoms with Gasteiger partial charge in [-0.15, -0.1) is 0 Å². The average Bonchev–Trinajstić information content (AvgIpc) is 2.35. The Kier molecular flexibility index (Phi) is 4.16. The van der Waals surface area contributed by atoms with E-state index < -0.39 is 0 Å². The van der Waals surface area contributed by atoms with E-state index in [0.29, 0.717) is 0 Å². The first-order valence-electron chi connectivity index (χ1n) is 6.47. The fraction of sp³-hybridized carbons (Fsp3) is 0.294. The summed E-state index contributed by atoms with van der Waals surface area (Å²) < 4.78 is 0. The number of rotatable bonds is 4. The number of benzene rings is 2. The zero-order chi connectivity index (χ0) is 13.0. The first-order valence-corrected chi connectivity index (χ1v) is 6.47. The van der Waals surface area contributed by atoms with Gasteiger partial charge in [-0.2, -0.15) is 0 Å². The molecule has 0 aliphatic carbocycles. The molecular formula is C17H21N. The minimum atomic E-state index is 0.934. The van der Waals surface area contributed by atoms with Gasteiger partial charge < -0.3 is 5.32 Å². The van der Waals surface area contributed by atoms with Crippen molar-refractivity contribution in [1.29, 1.82) is 0 Å². The smallest absolute Gasteiger partial charge is 0.0202 e. The van der Waals surface area contributed by atoms with Crippen LogP contribution in [0, 0.1) is 13.8 Å². The minimum absolute atomic E-state index is 0.934. The minimum Gasteiger partial charge on any atom is -0.316 e. The average molecular weight is 239 g/mol. The van der Waals surface area contributed by atoms with Gasteiger partial charge in [0.1, 0.15) is 0 Å². The second-order valence-corrected chi connectivity index (χ2v) is 4.95. The maximum atomic E-state index is 3.17. The summed E-state index contributed by atoms with van der Waals surface area (Å²) in [5, 5.41) is 3.17. The molecule has 2 rings (SSSR count). The van der Waals surface area contributed by atoms with Crippen molar-refractivity contribution in [3.8, 4) is 0 Å². The summed E-state index contributed by atoms with van der Waals surface area (Å²) in [5.74, 6) is 0. The van der Waals surface area contributed by atoms with Gasteiger partial charge in [-0.05, 0) is 49.6 Å². The van der Waals surface area contributed by atoms with Gasteiger partial charge in [-0.3, -0.25) is 0 Å². The molecule has 0 heterocycles. The molecule has 0 bridgehead atoms. The molecule has 0 fully saturated rings. The Labute approximate surface area is 110 Å². The van der Waals surface area contributed by atoms with Crippen LogP contribution in [0.2, 0.25) is 0 Å². The van der Waals surface area contributed by atoms with Gasteiger partial charge in [-0.25, -0.2) is 0 Å². The summed E-state index contributed by atoms with van der Waals surface area (Å²) in [6.45, 7) is 5.27. The third kappa shape index (κ3) is 3.21. The van der Waals surface area contributed by atoms with Crippen molar-refractivity contribution < 1.29 is 0 Å². The fourth-order valence-corrected chi connectivity index (χ4v) is 2.24. The lowest BCUT2D eigenvalue weighted by molar-refractivity contribution is 0.817. The standard InChI is InChI=1S/C17H21N/c1-13-4-9-17(14(2)10-13)11-15-5-7-16(8-6-15)12-18-3/h4-10,18H,11-12H2,1-3H3. The lowest BCUT2D eigenvalue weighted by Gasteiger charge is -2.08. The third-order valence-corrected chi connectivity index (χ3v) is 3.30. The largest absolute Gasteiger partial charge is 0.316 e. The van der Waals surface area contributed by atoms with E-state index in [1.54, 1.807) is 0 Å². The van der Waals surface area contributed by atoms with Crippen LogP contribution in [-0.4, -0.2) is 7.05 Å². The van der Waals surface area contributed by atoms with Crippen molar-refractivity contribution in [2.75, 3.05) is 7.05 Å². The maximum Gasteiger partial charge on any atom is 0.0202 e. The molecule has 0 aromatic heterocycles. The van der Waals surface area contributed by atoms with Crippen LogP contribution in [0.25, 0.3) is 0 Å². The van der Waals surface area contributed by atoms with E-state index in [9.17, 15) is 0 Å². The molecule has 0 radical (unpaired) electrons. The summed E-state index contributed by atoms with van der Waals surface area (Å²) in [7, 11) is 1.98. The normalized spacial score (nSPS) is 10.6. The molecule has 2 aromatic rings. The lowest BCUT2D eigenvalue weighted by Crippen LogP contribution is -2.04. The monoisotopic (exact) mass is 239 g/mol. The van der Waals surface area contributed by atoms with Crippen molar-refractivity contribution in [1.82, 2.24) is 5.32 Å². The highest BCUT2D eigenvalue weighted by Crippen LogP contribution is 2.16. The molecule has 1 N–H and O–H groups in total. The van der Waals surface area contributed by atoms with Gasteiger partial charge in [0, 0.05) is 6.54 Å².